The molecule has 0 aromatic heterocycles. The van der Waals surface area contributed by atoms with Gasteiger partial charge in [0.15, 0.2) is 0 Å². The second-order valence-electron chi connectivity index (χ2n) is 7.49. The summed E-state index contributed by atoms with van der Waals surface area (Å²) < 4.78 is 5.73. The minimum atomic E-state index is -0.166. The van der Waals surface area contributed by atoms with Gasteiger partial charge in [-0.25, -0.2) is 0 Å². The predicted octanol–water partition coefficient (Wildman–Crippen LogP) is 2.90. The van der Waals surface area contributed by atoms with Crippen LogP contribution < -0.4 is 15.4 Å². The minimum Gasteiger partial charge on any atom is -0.494 e. The van der Waals surface area contributed by atoms with Crippen LogP contribution in [-0.4, -0.2) is 42.3 Å². The summed E-state index contributed by atoms with van der Waals surface area (Å²) in [5.74, 6) is 0.496. The van der Waals surface area contributed by atoms with Gasteiger partial charge in [-0.15, -0.1) is 0 Å². The van der Waals surface area contributed by atoms with Gasteiger partial charge in [0.2, 0.25) is 17.7 Å². The molecule has 1 aliphatic rings. The lowest BCUT2D eigenvalue weighted by Crippen LogP contribution is -2.39. The molecule has 7 nitrogen and oxygen atoms in total. The number of anilines is 1. The molecule has 1 heterocycles. The molecule has 3 amide bonds. The van der Waals surface area contributed by atoms with Crippen molar-refractivity contribution in [1.29, 1.82) is 0 Å². The van der Waals surface area contributed by atoms with Gasteiger partial charge in [-0.3, -0.25) is 14.4 Å². The molecular formula is C24H29N3O4. The van der Waals surface area contributed by atoms with Crippen LogP contribution >= 0.6 is 0 Å². The second kappa shape index (κ2) is 11.2. The van der Waals surface area contributed by atoms with Crippen LogP contribution in [0.5, 0.6) is 5.75 Å². The number of hydrogen-bond donors (Lipinski definition) is 2. The van der Waals surface area contributed by atoms with E-state index in [4.69, 9.17) is 4.74 Å². The lowest BCUT2D eigenvalue weighted by molar-refractivity contribution is -0.133. The van der Waals surface area contributed by atoms with Crippen molar-refractivity contribution in [2.24, 2.45) is 0 Å². The van der Waals surface area contributed by atoms with Gasteiger partial charge < -0.3 is 20.3 Å². The van der Waals surface area contributed by atoms with E-state index in [-0.39, 0.29) is 24.3 Å². The van der Waals surface area contributed by atoms with E-state index in [0.29, 0.717) is 45.4 Å². The quantitative estimate of drug-likeness (QED) is 0.575. The fraction of sp³-hybridized carbons (Fsp3) is 0.375. The van der Waals surface area contributed by atoms with E-state index in [1.807, 2.05) is 55.5 Å². The zero-order valence-corrected chi connectivity index (χ0v) is 17.9. The van der Waals surface area contributed by atoms with Gasteiger partial charge in [-0.1, -0.05) is 30.3 Å². The van der Waals surface area contributed by atoms with E-state index in [2.05, 4.69) is 10.6 Å². The molecule has 2 N–H and O–H groups in total. The zero-order chi connectivity index (χ0) is 22.1. The monoisotopic (exact) mass is 423 g/mol. The summed E-state index contributed by atoms with van der Waals surface area (Å²) in [5.41, 5.74) is 2.95. The number of rotatable bonds is 10. The van der Waals surface area contributed by atoms with Crippen molar-refractivity contribution in [3.8, 4) is 5.75 Å². The van der Waals surface area contributed by atoms with Crippen molar-refractivity contribution >= 4 is 23.4 Å². The molecular weight excluding hydrogens is 394 g/mol. The Kier molecular flexibility index (Phi) is 8.04. The highest BCUT2D eigenvalue weighted by molar-refractivity contribution is 5.94. The molecule has 2 aromatic rings. The van der Waals surface area contributed by atoms with Crippen molar-refractivity contribution in [1.82, 2.24) is 10.2 Å². The summed E-state index contributed by atoms with van der Waals surface area (Å²) >= 11 is 0. The maximum atomic E-state index is 12.4. The number of carbonyl (C=O) groups is 3. The Hall–Kier alpha value is -3.35. The molecule has 0 unspecified atom stereocenters. The third-order valence-electron chi connectivity index (χ3n) is 5.18. The number of carbonyl (C=O) groups excluding carboxylic acids is 3. The van der Waals surface area contributed by atoms with Crippen LogP contribution in [0.15, 0.2) is 48.5 Å². The van der Waals surface area contributed by atoms with E-state index in [1.165, 1.54) is 0 Å². The Morgan fingerprint density at radius 3 is 2.71 bits per heavy atom. The molecule has 31 heavy (non-hydrogen) atoms. The van der Waals surface area contributed by atoms with Crippen molar-refractivity contribution in [3.05, 3.63) is 59.7 Å². The molecule has 0 atom stereocenters. The molecule has 3 rings (SSSR count). The van der Waals surface area contributed by atoms with Gasteiger partial charge in [0.1, 0.15) is 5.75 Å². The van der Waals surface area contributed by atoms with E-state index in [1.54, 1.807) is 4.90 Å². The maximum Gasteiger partial charge on any atom is 0.242 e. The smallest absolute Gasteiger partial charge is 0.242 e. The highest BCUT2D eigenvalue weighted by atomic mass is 16.5. The van der Waals surface area contributed by atoms with E-state index >= 15 is 0 Å². The number of hydrogen-bond acceptors (Lipinski definition) is 4. The first-order valence-corrected chi connectivity index (χ1v) is 10.7. The Morgan fingerprint density at radius 2 is 1.94 bits per heavy atom. The average molecular weight is 424 g/mol. The molecule has 1 aliphatic heterocycles. The van der Waals surface area contributed by atoms with Crippen molar-refractivity contribution < 1.29 is 19.1 Å². The predicted molar refractivity (Wildman–Crippen MR) is 119 cm³/mol. The fourth-order valence-corrected chi connectivity index (χ4v) is 3.43. The van der Waals surface area contributed by atoms with Gasteiger partial charge in [-0.05, 0) is 49.1 Å². The van der Waals surface area contributed by atoms with Gasteiger partial charge in [0.25, 0.3) is 0 Å². The topological polar surface area (TPSA) is 87.7 Å². The van der Waals surface area contributed by atoms with E-state index in [0.717, 1.165) is 22.6 Å². The number of fused-ring (bicyclic) bond motifs is 1. The number of nitrogens with one attached hydrogen (secondary N) is 2. The minimum absolute atomic E-state index is 0.00307. The van der Waals surface area contributed by atoms with Gasteiger partial charge in [0.05, 0.1) is 13.2 Å². The largest absolute Gasteiger partial charge is 0.494 e. The molecule has 7 heteroatoms. The van der Waals surface area contributed by atoms with Crippen molar-refractivity contribution in [2.75, 3.05) is 25.0 Å². The zero-order valence-electron chi connectivity index (χ0n) is 17.9. The third kappa shape index (κ3) is 6.84. The van der Waals surface area contributed by atoms with Crippen LogP contribution in [0, 0.1) is 0 Å². The van der Waals surface area contributed by atoms with Crippen LogP contribution in [0.2, 0.25) is 0 Å². The number of nitrogens with zero attached hydrogens (tertiary/aromatic N) is 1. The average Bonchev–Trinajstić information content (AvgIpc) is 2.79. The SMILES string of the molecule is CCN(Cc1ccccc1)C(=O)CNC(=O)CCCOc1ccc2c(c1)CCC(=O)N2. The van der Waals surface area contributed by atoms with Crippen LogP contribution in [-0.2, 0) is 27.3 Å². The first kappa shape index (κ1) is 22.3. The van der Waals surface area contributed by atoms with E-state index < -0.39 is 0 Å². The Balaban J connectivity index is 1.34. The number of likely N-dealkylation sites (N-methyl/N-ethyl adjacent to an activating group) is 1. The lowest BCUT2D eigenvalue weighted by atomic mass is 10.0. The molecule has 0 saturated heterocycles. The number of aryl methyl sites for hydroxylation is 1. The summed E-state index contributed by atoms with van der Waals surface area (Å²) in [6.07, 6.45) is 2.03. The highest BCUT2D eigenvalue weighted by Crippen LogP contribution is 2.26. The fourth-order valence-electron chi connectivity index (χ4n) is 3.43. The summed E-state index contributed by atoms with van der Waals surface area (Å²) in [5, 5.41) is 5.54. The lowest BCUT2D eigenvalue weighted by Gasteiger charge is -2.21. The summed E-state index contributed by atoms with van der Waals surface area (Å²) in [7, 11) is 0. The van der Waals surface area contributed by atoms with Crippen LogP contribution in [0.4, 0.5) is 5.69 Å². The number of ether oxygens (including phenoxy) is 1. The third-order valence-corrected chi connectivity index (χ3v) is 5.18. The molecule has 2 aromatic carbocycles. The van der Waals surface area contributed by atoms with E-state index in [9.17, 15) is 14.4 Å². The molecule has 0 fully saturated rings. The van der Waals surface area contributed by atoms with Crippen LogP contribution in [0.1, 0.15) is 37.3 Å². The first-order chi connectivity index (χ1) is 15.0. The van der Waals surface area contributed by atoms with Gasteiger partial charge >= 0.3 is 0 Å². The molecule has 0 bridgehead atoms. The van der Waals surface area contributed by atoms with Crippen LogP contribution in [0.25, 0.3) is 0 Å². The number of benzene rings is 2. The molecule has 0 aliphatic carbocycles. The number of amides is 3. The molecule has 0 radical (unpaired) electrons. The Labute approximate surface area is 182 Å². The molecule has 0 spiro atoms. The normalized spacial score (nSPS) is 12.5. The highest BCUT2D eigenvalue weighted by Gasteiger charge is 2.15. The summed E-state index contributed by atoms with van der Waals surface area (Å²) in [6, 6.07) is 15.4. The first-order valence-electron chi connectivity index (χ1n) is 10.7. The Morgan fingerprint density at radius 1 is 1.13 bits per heavy atom. The van der Waals surface area contributed by atoms with Crippen LogP contribution in [0.3, 0.4) is 0 Å². The maximum absolute atomic E-state index is 12.4. The van der Waals surface area contributed by atoms with Gasteiger partial charge in [0, 0.05) is 31.6 Å². The van der Waals surface area contributed by atoms with Crippen molar-refractivity contribution in [3.63, 3.8) is 0 Å². The Bertz CT molecular complexity index is 914. The summed E-state index contributed by atoms with van der Waals surface area (Å²) in [4.78, 5) is 37.6. The molecule has 164 valence electrons. The standard InChI is InChI=1S/C24H29N3O4/c1-2-27(17-18-7-4-3-5-8-18)24(30)16-25-22(28)9-6-14-31-20-11-12-21-19(15-20)10-13-23(29)26-21/h3-5,7-8,11-12,15H,2,6,9-10,13-14,16-17H2,1H3,(H,25,28)(H,26,29). The van der Waals surface area contributed by atoms with Crippen molar-refractivity contribution in [2.45, 2.75) is 39.2 Å². The second-order valence-corrected chi connectivity index (χ2v) is 7.49. The van der Waals surface area contributed by atoms with Gasteiger partial charge in [-0.2, -0.15) is 0 Å². The summed E-state index contributed by atoms with van der Waals surface area (Å²) in [6.45, 7) is 3.44. The molecule has 0 saturated carbocycles.